The Labute approximate surface area is 157 Å². The number of pyridine rings is 1. The molecule has 0 saturated heterocycles. The van der Waals surface area contributed by atoms with Crippen molar-refractivity contribution < 1.29 is 4.79 Å². The molecule has 3 N–H and O–H groups in total. The second-order valence-corrected chi connectivity index (χ2v) is 6.10. The number of anilines is 1. The molecule has 1 aliphatic carbocycles. The standard InChI is InChI=1S/C17H28N4O.2ClH/c1-3-21(4-2)15-9-8-14(12-19-15)13-20-16(22)17(18)10-6-5-7-11-17;;/h8-9,12H,3-7,10-11,13,18H2,1-2H3,(H,20,22);2*1H. The summed E-state index contributed by atoms with van der Waals surface area (Å²) in [5, 5.41) is 2.97. The lowest BCUT2D eigenvalue weighted by Gasteiger charge is -2.31. The van der Waals surface area contributed by atoms with Crippen LogP contribution in [0.25, 0.3) is 0 Å². The van der Waals surface area contributed by atoms with E-state index >= 15 is 0 Å². The number of hydrogen-bond acceptors (Lipinski definition) is 4. The molecule has 2 rings (SSSR count). The van der Waals surface area contributed by atoms with Crippen LogP contribution in [-0.2, 0) is 11.3 Å². The Hall–Kier alpha value is -1.04. The molecule has 0 atom stereocenters. The van der Waals surface area contributed by atoms with Crippen LogP contribution in [0.3, 0.4) is 0 Å². The van der Waals surface area contributed by atoms with Gasteiger partial charge in [0.25, 0.3) is 0 Å². The second kappa shape index (κ2) is 10.7. The number of amides is 1. The van der Waals surface area contributed by atoms with Crippen LogP contribution in [0, 0.1) is 0 Å². The van der Waals surface area contributed by atoms with Crippen molar-refractivity contribution in [2.75, 3.05) is 18.0 Å². The maximum absolute atomic E-state index is 12.3. The van der Waals surface area contributed by atoms with E-state index in [0.717, 1.165) is 50.2 Å². The molecule has 138 valence electrons. The van der Waals surface area contributed by atoms with Gasteiger partial charge in [0, 0.05) is 25.8 Å². The fourth-order valence-electron chi connectivity index (χ4n) is 3.02. The van der Waals surface area contributed by atoms with E-state index in [1.807, 2.05) is 18.3 Å². The van der Waals surface area contributed by atoms with Crippen LogP contribution < -0.4 is 16.0 Å². The Bertz CT molecular complexity index is 486. The number of aromatic nitrogens is 1. The molecule has 1 amide bonds. The quantitative estimate of drug-likeness (QED) is 0.799. The summed E-state index contributed by atoms with van der Waals surface area (Å²) in [6.45, 7) is 6.60. The largest absolute Gasteiger partial charge is 0.357 e. The molecule has 1 saturated carbocycles. The Kier molecular flexibility index (Phi) is 10.3. The van der Waals surface area contributed by atoms with E-state index < -0.39 is 5.54 Å². The second-order valence-electron chi connectivity index (χ2n) is 6.10. The van der Waals surface area contributed by atoms with Gasteiger partial charge in [0.15, 0.2) is 0 Å². The summed E-state index contributed by atoms with van der Waals surface area (Å²) in [5.74, 6) is 0.947. The molecule has 1 heterocycles. The third-order valence-electron chi connectivity index (χ3n) is 4.55. The molecule has 1 aromatic rings. The van der Waals surface area contributed by atoms with Crippen molar-refractivity contribution in [3.8, 4) is 0 Å². The number of nitrogens with zero attached hydrogens (tertiary/aromatic N) is 2. The molecule has 0 radical (unpaired) electrons. The monoisotopic (exact) mass is 376 g/mol. The average Bonchev–Trinajstić information content (AvgIpc) is 2.55. The van der Waals surface area contributed by atoms with Gasteiger partial charge >= 0.3 is 0 Å². The number of nitrogens with two attached hydrogens (primary N) is 1. The zero-order valence-electron chi connectivity index (χ0n) is 14.6. The summed E-state index contributed by atoms with van der Waals surface area (Å²) < 4.78 is 0. The van der Waals surface area contributed by atoms with E-state index in [0.29, 0.717) is 6.54 Å². The smallest absolute Gasteiger partial charge is 0.240 e. The number of carbonyl (C=O) groups is 1. The van der Waals surface area contributed by atoms with Crippen molar-refractivity contribution in [3.05, 3.63) is 23.9 Å². The number of rotatable bonds is 6. The Morgan fingerprint density at radius 2 is 1.83 bits per heavy atom. The summed E-state index contributed by atoms with van der Waals surface area (Å²) in [5.41, 5.74) is 6.56. The van der Waals surface area contributed by atoms with Gasteiger partial charge < -0.3 is 16.0 Å². The van der Waals surface area contributed by atoms with Gasteiger partial charge in [0.2, 0.25) is 5.91 Å². The highest BCUT2D eigenvalue weighted by Crippen LogP contribution is 2.26. The highest BCUT2D eigenvalue weighted by atomic mass is 35.5. The molecule has 7 heteroatoms. The predicted octanol–water partition coefficient (Wildman–Crippen LogP) is 3.05. The third kappa shape index (κ3) is 5.80. The summed E-state index contributed by atoms with van der Waals surface area (Å²) in [6, 6.07) is 4.03. The maximum atomic E-state index is 12.3. The maximum Gasteiger partial charge on any atom is 0.240 e. The average molecular weight is 377 g/mol. The minimum absolute atomic E-state index is 0. The van der Waals surface area contributed by atoms with Crippen LogP contribution >= 0.6 is 24.8 Å². The molecule has 5 nitrogen and oxygen atoms in total. The highest BCUT2D eigenvalue weighted by Gasteiger charge is 2.34. The van der Waals surface area contributed by atoms with Crippen molar-refractivity contribution in [2.24, 2.45) is 5.73 Å². The van der Waals surface area contributed by atoms with Crippen LogP contribution in [0.1, 0.15) is 51.5 Å². The molecule has 0 aliphatic heterocycles. The Morgan fingerprint density at radius 1 is 1.21 bits per heavy atom. The van der Waals surface area contributed by atoms with Crippen LogP contribution in [0.5, 0.6) is 0 Å². The molecule has 24 heavy (non-hydrogen) atoms. The molecule has 0 bridgehead atoms. The number of nitrogens with one attached hydrogen (secondary N) is 1. The molecule has 0 spiro atoms. The fourth-order valence-corrected chi connectivity index (χ4v) is 3.02. The van der Waals surface area contributed by atoms with Gasteiger partial charge in [-0.25, -0.2) is 4.98 Å². The predicted molar refractivity (Wildman–Crippen MR) is 104 cm³/mol. The Balaban J connectivity index is 0.00000264. The van der Waals surface area contributed by atoms with E-state index in [9.17, 15) is 4.79 Å². The normalized spacial score (nSPS) is 15.6. The molecular formula is C17H30Cl2N4O. The van der Waals surface area contributed by atoms with E-state index in [1.54, 1.807) is 0 Å². The highest BCUT2D eigenvalue weighted by molar-refractivity contribution is 5.86. The topological polar surface area (TPSA) is 71.2 Å². The van der Waals surface area contributed by atoms with Crippen molar-refractivity contribution in [3.63, 3.8) is 0 Å². The minimum atomic E-state index is -0.674. The lowest BCUT2D eigenvalue weighted by Crippen LogP contribution is -2.54. The summed E-state index contributed by atoms with van der Waals surface area (Å²) in [6.07, 6.45) is 6.69. The van der Waals surface area contributed by atoms with Gasteiger partial charge in [0.1, 0.15) is 5.82 Å². The van der Waals surface area contributed by atoms with E-state index in [2.05, 4.69) is 29.0 Å². The van der Waals surface area contributed by atoms with Gasteiger partial charge in [-0.1, -0.05) is 25.3 Å². The van der Waals surface area contributed by atoms with E-state index in [-0.39, 0.29) is 30.7 Å². The van der Waals surface area contributed by atoms with E-state index in [1.165, 1.54) is 6.42 Å². The Morgan fingerprint density at radius 3 is 2.33 bits per heavy atom. The van der Waals surface area contributed by atoms with Crippen LogP contribution in [0.15, 0.2) is 18.3 Å². The zero-order chi connectivity index (χ0) is 16.0. The van der Waals surface area contributed by atoms with Gasteiger partial charge in [0.05, 0.1) is 5.54 Å². The molecule has 1 fully saturated rings. The summed E-state index contributed by atoms with van der Waals surface area (Å²) in [7, 11) is 0. The number of carbonyl (C=O) groups excluding carboxylic acids is 1. The van der Waals surface area contributed by atoms with Crippen molar-refractivity contribution >= 4 is 36.5 Å². The van der Waals surface area contributed by atoms with Gasteiger partial charge in [-0.3, -0.25) is 4.79 Å². The summed E-state index contributed by atoms with van der Waals surface area (Å²) in [4.78, 5) is 19.0. The van der Waals surface area contributed by atoms with Crippen LogP contribution in [0.2, 0.25) is 0 Å². The summed E-state index contributed by atoms with van der Waals surface area (Å²) >= 11 is 0. The third-order valence-corrected chi connectivity index (χ3v) is 4.55. The number of halogens is 2. The SMILES string of the molecule is CCN(CC)c1ccc(CNC(=O)C2(N)CCCCC2)cn1.Cl.Cl. The van der Waals surface area contributed by atoms with Crippen LogP contribution in [0.4, 0.5) is 5.82 Å². The zero-order valence-corrected chi connectivity index (χ0v) is 16.2. The van der Waals surface area contributed by atoms with Crippen molar-refractivity contribution in [1.29, 1.82) is 0 Å². The van der Waals surface area contributed by atoms with Gasteiger partial charge in [-0.05, 0) is 38.3 Å². The number of hydrogen-bond donors (Lipinski definition) is 2. The van der Waals surface area contributed by atoms with E-state index in [4.69, 9.17) is 5.73 Å². The first-order chi connectivity index (χ1) is 10.6. The lowest BCUT2D eigenvalue weighted by molar-refractivity contribution is -0.127. The van der Waals surface area contributed by atoms with Crippen molar-refractivity contribution in [1.82, 2.24) is 10.3 Å². The van der Waals surface area contributed by atoms with Gasteiger partial charge in [-0.15, -0.1) is 24.8 Å². The molecular weight excluding hydrogens is 347 g/mol. The fraction of sp³-hybridized carbons (Fsp3) is 0.647. The molecule has 0 unspecified atom stereocenters. The first-order valence-corrected chi connectivity index (χ1v) is 8.36. The lowest BCUT2D eigenvalue weighted by atomic mass is 9.82. The van der Waals surface area contributed by atoms with Gasteiger partial charge in [-0.2, -0.15) is 0 Å². The molecule has 1 aliphatic rings. The minimum Gasteiger partial charge on any atom is -0.357 e. The first-order valence-electron chi connectivity index (χ1n) is 8.36. The van der Waals surface area contributed by atoms with Crippen LogP contribution in [-0.4, -0.2) is 29.5 Å². The molecule has 1 aromatic heterocycles. The molecule has 0 aromatic carbocycles. The van der Waals surface area contributed by atoms with Crippen molar-refractivity contribution in [2.45, 2.75) is 58.0 Å². The first kappa shape index (κ1) is 23.0.